The summed E-state index contributed by atoms with van der Waals surface area (Å²) in [6.07, 6.45) is 69.5. The van der Waals surface area contributed by atoms with Gasteiger partial charge in [-0.1, -0.05) is 408 Å². The number of phosphoric ester groups is 2. The molecule has 0 saturated heterocycles. The Balaban J connectivity index is 5.22. The van der Waals surface area contributed by atoms with Gasteiger partial charge in [0.05, 0.1) is 26.4 Å². The standard InChI is InChI=1S/C86H168O17P2/c1-7-9-11-13-15-17-19-20-21-22-23-24-25-26-31-34-40-46-52-58-64-70-85(90)103-82(75-97-84(89)69-63-57-51-45-39-33-30-28-27-29-32-37-42-48-54-60-66-78(3)4)77-101-105(94,95)99-73-80(87)72-98-104(92,93)100-76-81(74-96-83(88)68-62-56-50-44-18-16-14-12-10-8-2)102-86(91)71-65-59-53-47-41-36-35-38-43-49-55-61-67-79(5)6/h78-82,87H,7-77H2,1-6H3,(H,92,93)(H,94,95)/t80-,81+,82+/m0/s1. The second kappa shape index (κ2) is 77.4. The topological polar surface area (TPSA) is 237 Å². The van der Waals surface area contributed by atoms with E-state index >= 15 is 0 Å². The van der Waals surface area contributed by atoms with Crippen LogP contribution in [0.4, 0.5) is 0 Å². The number of phosphoric acid groups is 2. The summed E-state index contributed by atoms with van der Waals surface area (Å²) in [6, 6.07) is 0. The SMILES string of the molecule is CCCCCCCCCCCCCCCCCCCCCCCC(=O)O[C@H](COC(=O)CCCCCCCCCCCCCCCCCCC(C)C)COP(=O)(O)OC[C@@H](O)COP(=O)(O)OC[C@@H](COC(=O)CCCCCCCCCCCC)OC(=O)CCCCCCCCCCCCCCC(C)C. The molecule has 0 rings (SSSR count). The minimum Gasteiger partial charge on any atom is -0.462 e. The highest BCUT2D eigenvalue weighted by molar-refractivity contribution is 7.47. The van der Waals surface area contributed by atoms with Gasteiger partial charge in [-0.2, -0.15) is 0 Å². The van der Waals surface area contributed by atoms with Gasteiger partial charge in [0.1, 0.15) is 19.3 Å². The summed E-state index contributed by atoms with van der Waals surface area (Å²) < 4.78 is 68.9. The number of aliphatic hydroxyl groups excluding tert-OH is 1. The summed E-state index contributed by atoms with van der Waals surface area (Å²) in [4.78, 5) is 73.2. The Hall–Kier alpha value is -1.94. The Morgan fingerprint density at radius 3 is 0.648 bits per heavy atom. The van der Waals surface area contributed by atoms with Gasteiger partial charge in [-0.15, -0.1) is 0 Å². The van der Waals surface area contributed by atoms with Gasteiger partial charge in [0.15, 0.2) is 12.2 Å². The van der Waals surface area contributed by atoms with E-state index in [1.54, 1.807) is 0 Å². The molecule has 0 saturated carbocycles. The van der Waals surface area contributed by atoms with Crippen LogP contribution >= 0.6 is 15.6 Å². The van der Waals surface area contributed by atoms with Crippen molar-refractivity contribution in [3.63, 3.8) is 0 Å². The van der Waals surface area contributed by atoms with E-state index in [1.165, 1.54) is 276 Å². The van der Waals surface area contributed by atoms with Crippen LogP contribution in [0.2, 0.25) is 0 Å². The highest BCUT2D eigenvalue weighted by Gasteiger charge is 2.30. The fourth-order valence-corrected chi connectivity index (χ4v) is 15.0. The van der Waals surface area contributed by atoms with E-state index in [4.69, 9.17) is 37.0 Å². The number of esters is 4. The fourth-order valence-electron chi connectivity index (χ4n) is 13.4. The molecule has 0 bridgehead atoms. The minimum atomic E-state index is -4.97. The van der Waals surface area contributed by atoms with Crippen LogP contribution in [0, 0.1) is 11.8 Å². The zero-order valence-electron chi connectivity index (χ0n) is 69.0. The molecule has 19 heteroatoms. The zero-order valence-corrected chi connectivity index (χ0v) is 70.8. The quantitative estimate of drug-likeness (QED) is 0.0222. The average molecular weight is 1540 g/mol. The molecule has 5 atom stereocenters. The molecule has 0 heterocycles. The third kappa shape index (κ3) is 79.9. The van der Waals surface area contributed by atoms with E-state index in [1.807, 2.05) is 0 Å². The van der Waals surface area contributed by atoms with Crippen molar-refractivity contribution in [2.45, 2.75) is 477 Å². The minimum absolute atomic E-state index is 0.107. The molecule has 0 aliphatic heterocycles. The number of carbonyl (C=O) groups is 4. The molecule has 0 radical (unpaired) electrons. The molecule has 0 fully saturated rings. The van der Waals surface area contributed by atoms with Crippen molar-refractivity contribution in [1.82, 2.24) is 0 Å². The number of ether oxygens (including phenoxy) is 4. The third-order valence-electron chi connectivity index (χ3n) is 20.2. The van der Waals surface area contributed by atoms with E-state index in [2.05, 4.69) is 41.5 Å². The summed E-state index contributed by atoms with van der Waals surface area (Å²) in [7, 11) is -9.93. The lowest BCUT2D eigenvalue weighted by atomic mass is 10.0. The summed E-state index contributed by atoms with van der Waals surface area (Å²) in [5.74, 6) is -0.513. The van der Waals surface area contributed by atoms with Crippen LogP contribution in [0.25, 0.3) is 0 Å². The molecule has 0 spiro atoms. The summed E-state index contributed by atoms with van der Waals surface area (Å²) in [5.41, 5.74) is 0. The molecule has 0 aliphatic rings. The molecule has 105 heavy (non-hydrogen) atoms. The van der Waals surface area contributed by atoms with Gasteiger partial charge >= 0.3 is 39.5 Å². The van der Waals surface area contributed by atoms with Crippen molar-refractivity contribution in [3.05, 3.63) is 0 Å². The lowest BCUT2D eigenvalue weighted by molar-refractivity contribution is -0.161. The molecule has 0 aromatic rings. The van der Waals surface area contributed by atoms with Gasteiger partial charge in [0.25, 0.3) is 0 Å². The first-order valence-corrected chi connectivity index (χ1v) is 47.5. The van der Waals surface area contributed by atoms with Crippen molar-refractivity contribution in [2.24, 2.45) is 11.8 Å². The first kappa shape index (κ1) is 103. The van der Waals surface area contributed by atoms with Crippen LogP contribution in [0.3, 0.4) is 0 Å². The van der Waals surface area contributed by atoms with Crippen LogP contribution < -0.4 is 0 Å². The zero-order chi connectivity index (χ0) is 77.1. The number of rotatable bonds is 85. The third-order valence-corrected chi connectivity index (χ3v) is 22.1. The van der Waals surface area contributed by atoms with Crippen LogP contribution in [0.1, 0.15) is 459 Å². The predicted octanol–water partition coefficient (Wildman–Crippen LogP) is 26.2. The number of hydrogen-bond donors (Lipinski definition) is 3. The van der Waals surface area contributed by atoms with Gasteiger partial charge in [0, 0.05) is 25.7 Å². The smallest absolute Gasteiger partial charge is 0.462 e. The lowest BCUT2D eigenvalue weighted by Gasteiger charge is -2.21. The first-order valence-electron chi connectivity index (χ1n) is 44.5. The largest absolute Gasteiger partial charge is 0.472 e. The van der Waals surface area contributed by atoms with E-state index < -0.39 is 97.5 Å². The molecule has 17 nitrogen and oxygen atoms in total. The number of carbonyl (C=O) groups excluding carboxylic acids is 4. The predicted molar refractivity (Wildman–Crippen MR) is 432 cm³/mol. The molecule has 2 unspecified atom stereocenters. The Labute approximate surface area is 645 Å². The summed E-state index contributed by atoms with van der Waals surface area (Å²) in [6.45, 7) is 9.70. The second-order valence-electron chi connectivity index (χ2n) is 31.9. The summed E-state index contributed by atoms with van der Waals surface area (Å²) >= 11 is 0. The van der Waals surface area contributed by atoms with Crippen LogP contribution in [0.5, 0.6) is 0 Å². The van der Waals surface area contributed by atoms with Crippen LogP contribution in [-0.4, -0.2) is 96.7 Å². The maximum absolute atomic E-state index is 13.1. The van der Waals surface area contributed by atoms with Gasteiger partial charge in [-0.3, -0.25) is 37.3 Å². The molecular weight excluding hydrogens is 1370 g/mol. The van der Waals surface area contributed by atoms with Gasteiger partial charge in [0.2, 0.25) is 0 Å². The number of hydrogen-bond acceptors (Lipinski definition) is 15. The molecule has 0 aliphatic carbocycles. The number of unbranched alkanes of at least 4 members (excludes halogenated alkanes) is 55. The first-order chi connectivity index (χ1) is 50.9. The average Bonchev–Trinajstić information content (AvgIpc) is 0.914. The summed E-state index contributed by atoms with van der Waals surface area (Å²) in [5, 5.41) is 10.7. The molecule has 0 aromatic carbocycles. The normalized spacial score (nSPS) is 13.8. The Morgan fingerprint density at radius 2 is 0.438 bits per heavy atom. The Kier molecular flexibility index (Phi) is 76.0. The van der Waals surface area contributed by atoms with Crippen LogP contribution in [-0.2, 0) is 65.4 Å². The van der Waals surface area contributed by atoms with Gasteiger partial charge in [-0.05, 0) is 37.5 Å². The van der Waals surface area contributed by atoms with Gasteiger partial charge in [-0.25, -0.2) is 9.13 Å². The monoisotopic (exact) mass is 1540 g/mol. The van der Waals surface area contributed by atoms with Crippen molar-refractivity contribution in [2.75, 3.05) is 39.6 Å². The van der Waals surface area contributed by atoms with Crippen LogP contribution in [0.15, 0.2) is 0 Å². The van der Waals surface area contributed by atoms with Crippen molar-refractivity contribution >= 4 is 39.5 Å². The van der Waals surface area contributed by atoms with Crippen molar-refractivity contribution < 1.29 is 80.2 Å². The van der Waals surface area contributed by atoms with E-state index in [0.29, 0.717) is 25.7 Å². The molecule has 0 aromatic heterocycles. The van der Waals surface area contributed by atoms with E-state index in [9.17, 15) is 43.2 Å². The molecular formula is C86H168O17P2. The van der Waals surface area contributed by atoms with E-state index in [-0.39, 0.29) is 25.7 Å². The number of aliphatic hydroxyl groups is 1. The lowest BCUT2D eigenvalue weighted by Crippen LogP contribution is -2.30. The maximum Gasteiger partial charge on any atom is 0.472 e. The Bertz CT molecular complexity index is 2010. The second-order valence-corrected chi connectivity index (χ2v) is 34.8. The van der Waals surface area contributed by atoms with Crippen molar-refractivity contribution in [1.29, 1.82) is 0 Å². The fraction of sp³-hybridized carbons (Fsp3) is 0.953. The highest BCUT2D eigenvalue weighted by Crippen LogP contribution is 2.45. The molecule has 0 amide bonds. The Morgan fingerprint density at radius 1 is 0.257 bits per heavy atom. The highest BCUT2D eigenvalue weighted by atomic mass is 31.2. The molecule has 3 N–H and O–H groups in total. The van der Waals surface area contributed by atoms with Crippen molar-refractivity contribution in [3.8, 4) is 0 Å². The molecule has 624 valence electrons. The maximum atomic E-state index is 13.1. The van der Waals surface area contributed by atoms with Gasteiger partial charge < -0.3 is 33.8 Å². The van der Waals surface area contributed by atoms with E-state index in [0.717, 1.165) is 102 Å².